The van der Waals surface area contributed by atoms with Crippen molar-refractivity contribution in [2.75, 3.05) is 17.3 Å². The lowest BCUT2D eigenvalue weighted by Crippen LogP contribution is -2.17. The molecule has 1 aliphatic rings. The molecule has 0 saturated heterocycles. The number of hydrogen-bond acceptors (Lipinski definition) is 6. The van der Waals surface area contributed by atoms with Crippen molar-refractivity contribution in [3.05, 3.63) is 89.1 Å². The van der Waals surface area contributed by atoms with Gasteiger partial charge in [0.2, 0.25) is 0 Å². The Hall–Kier alpha value is -4.73. The summed E-state index contributed by atoms with van der Waals surface area (Å²) in [7, 11) is 1.58. The van der Waals surface area contributed by atoms with Crippen LogP contribution >= 0.6 is 0 Å². The van der Waals surface area contributed by atoms with Gasteiger partial charge >= 0.3 is 0 Å². The van der Waals surface area contributed by atoms with Crippen LogP contribution in [0, 0.1) is 5.82 Å². The van der Waals surface area contributed by atoms with Gasteiger partial charge in [0.15, 0.2) is 11.3 Å². The summed E-state index contributed by atoms with van der Waals surface area (Å²) < 4.78 is 21.5. The monoisotopic (exact) mass is 511 g/mol. The fourth-order valence-corrected chi connectivity index (χ4v) is 4.91. The maximum absolute atomic E-state index is 14.5. The molecule has 192 valence electrons. The molecule has 0 aliphatic carbocycles. The number of hydrogen-bond donors (Lipinski definition) is 2. The van der Waals surface area contributed by atoms with Crippen LogP contribution in [-0.4, -0.2) is 37.8 Å². The van der Waals surface area contributed by atoms with E-state index in [4.69, 9.17) is 14.8 Å². The number of fused-ring (bicyclic) bond motifs is 2. The van der Waals surface area contributed by atoms with Gasteiger partial charge in [-0.25, -0.2) is 13.9 Å². The van der Waals surface area contributed by atoms with Gasteiger partial charge in [-0.1, -0.05) is 32.0 Å². The summed E-state index contributed by atoms with van der Waals surface area (Å²) in [5.41, 5.74) is 5.30. The van der Waals surface area contributed by atoms with E-state index < -0.39 is 0 Å². The number of aromatic nitrogens is 5. The zero-order chi connectivity index (χ0) is 26.4. The maximum atomic E-state index is 14.5. The Bertz CT molecular complexity index is 1660. The molecule has 0 unspecified atom stereocenters. The van der Waals surface area contributed by atoms with Crippen LogP contribution in [0.3, 0.4) is 0 Å². The molecule has 4 heterocycles. The zero-order valence-electron chi connectivity index (χ0n) is 21.2. The number of ether oxygens (including phenoxy) is 1. The average Bonchev–Trinajstić information content (AvgIpc) is 3.67. The van der Waals surface area contributed by atoms with Crippen molar-refractivity contribution in [2.45, 2.75) is 32.9 Å². The molecule has 1 aliphatic heterocycles. The average molecular weight is 512 g/mol. The molecule has 0 atom stereocenters. The number of carbonyl (C=O) groups excluding carboxylic acids is 1. The highest BCUT2D eigenvalue weighted by atomic mass is 19.1. The van der Waals surface area contributed by atoms with Crippen molar-refractivity contribution in [1.82, 2.24) is 24.8 Å². The van der Waals surface area contributed by atoms with Gasteiger partial charge in [0, 0.05) is 53.8 Å². The Morgan fingerprint density at radius 1 is 1.16 bits per heavy atom. The standard InChI is InChI=1S/C28H26FN7O2/c1-16(2)25-26(28(37)32-19-7-5-8-20(10-19)38-3)34-36-23(18-12-30-31-13-18)11-24(33-27(25)36)35-14-17-6-4-9-22(29)21(17)15-35/h4-13,16H,14-15H2,1-3H3,(H,30,31)(H,32,37). The van der Waals surface area contributed by atoms with Crippen molar-refractivity contribution >= 4 is 23.1 Å². The molecule has 1 amide bonds. The second kappa shape index (κ2) is 9.29. The molecule has 38 heavy (non-hydrogen) atoms. The van der Waals surface area contributed by atoms with E-state index in [-0.39, 0.29) is 23.3 Å². The Morgan fingerprint density at radius 2 is 2.00 bits per heavy atom. The number of carbonyl (C=O) groups is 1. The quantitative estimate of drug-likeness (QED) is 0.327. The van der Waals surface area contributed by atoms with E-state index in [2.05, 4.69) is 15.5 Å². The van der Waals surface area contributed by atoms with Gasteiger partial charge < -0.3 is 15.0 Å². The van der Waals surface area contributed by atoms with Gasteiger partial charge in [-0.05, 0) is 29.7 Å². The zero-order valence-corrected chi connectivity index (χ0v) is 21.2. The van der Waals surface area contributed by atoms with Crippen LogP contribution in [0.2, 0.25) is 0 Å². The summed E-state index contributed by atoms with van der Waals surface area (Å²) in [4.78, 5) is 20.5. The van der Waals surface area contributed by atoms with Crippen LogP contribution in [0.15, 0.2) is 60.9 Å². The van der Waals surface area contributed by atoms with Crippen molar-refractivity contribution in [1.29, 1.82) is 0 Å². The minimum Gasteiger partial charge on any atom is -0.497 e. The molecule has 10 heteroatoms. The van der Waals surface area contributed by atoms with Gasteiger partial charge in [-0.3, -0.25) is 9.89 Å². The predicted molar refractivity (Wildman–Crippen MR) is 142 cm³/mol. The number of halogens is 1. The minimum atomic E-state index is -0.345. The first-order valence-electron chi connectivity index (χ1n) is 12.3. The van der Waals surface area contributed by atoms with Gasteiger partial charge in [-0.15, -0.1) is 0 Å². The van der Waals surface area contributed by atoms with Crippen molar-refractivity contribution in [3.8, 4) is 17.0 Å². The summed E-state index contributed by atoms with van der Waals surface area (Å²) in [5.74, 6) is 0.698. The number of anilines is 2. The molecule has 0 spiro atoms. The highest BCUT2D eigenvalue weighted by Gasteiger charge is 2.28. The van der Waals surface area contributed by atoms with Crippen LogP contribution < -0.4 is 15.0 Å². The third-order valence-corrected chi connectivity index (χ3v) is 6.78. The van der Waals surface area contributed by atoms with Gasteiger partial charge in [0.1, 0.15) is 17.4 Å². The minimum absolute atomic E-state index is 0.0493. The first-order valence-corrected chi connectivity index (χ1v) is 12.3. The van der Waals surface area contributed by atoms with Crippen molar-refractivity contribution in [2.24, 2.45) is 0 Å². The summed E-state index contributed by atoms with van der Waals surface area (Å²) in [5, 5.41) is 14.6. The van der Waals surface area contributed by atoms with Crippen LogP contribution in [0.1, 0.15) is 46.9 Å². The van der Waals surface area contributed by atoms with Gasteiger partial charge in [0.25, 0.3) is 5.91 Å². The molecule has 0 saturated carbocycles. The van der Waals surface area contributed by atoms with E-state index in [1.807, 2.05) is 43.0 Å². The summed E-state index contributed by atoms with van der Waals surface area (Å²) in [6.45, 7) is 4.96. The molecule has 5 aromatic rings. The van der Waals surface area contributed by atoms with Crippen molar-refractivity contribution in [3.63, 3.8) is 0 Å². The lowest BCUT2D eigenvalue weighted by atomic mass is 10.0. The number of benzene rings is 2. The lowest BCUT2D eigenvalue weighted by Gasteiger charge is -2.18. The number of nitrogens with zero attached hydrogens (tertiary/aromatic N) is 5. The Kier molecular flexibility index (Phi) is 5.79. The highest BCUT2D eigenvalue weighted by molar-refractivity contribution is 6.05. The second-order valence-electron chi connectivity index (χ2n) is 9.56. The predicted octanol–water partition coefficient (Wildman–Crippen LogP) is 5.16. The first kappa shape index (κ1) is 23.7. The van der Waals surface area contributed by atoms with E-state index in [9.17, 15) is 9.18 Å². The molecule has 0 fully saturated rings. The summed E-state index contributed by atoms with van der Waals surface area (Å²) >= 11 is 0. The maximum Gasteiger partial charge on any atom is 0.276 e. The van der Waals surface area contributed by atoms with E-state index in [0.29, 0.717) is 41.6 Å². The molecular weight excluding hydrogens is 485 g/mol. The topological polar surface area (TPSA) is 100 Å². The summed E-state index contributed by atoms with van der Waals surface area (Å²) in [6.07, 6.45) is 3.47. The SMILES string of the molecule is COc1cccc(NC(=O)c2nn3c(-c4cn[nH]c4)cc(N4Cc5cccc(F)c5C4)nc3c2C(C)C)c1. The summed E-state index contributed by atoms with van der Waals surface area (Å²) in [6, 6.07) is 14.2. The van der Waals surface area contributed by atoms with E-state index in [1.54, 1.807) is 42.2 Å². The van der Waals surface area contributed by atoms with Gasteiger partial charge in [0.05, 0.1) is 19.0 Å². The number of nitrogens with one attached hydrogen (secondary N) is 2. The Balaban J connectivity index is 1.48. The smallest absolute Gasteiger partial charge is 0.276 e. The largest absolute Gasteiger partial charge is 0.497 e. The Labute approximate surface area is 218 Å². The lowest BCUT2D eigenvalue weighted by molar-refractivity contribution is 0.102. The van der Waals surface area contributed by atoms with Crippen LogP contribution in [0.25, 0.3) is 16.9 Å². The number of methoxy groups -OCH3 is 1. The molecule has 2 aromatic carbocycles. The number of amides is 1. The fourth-order valence-electron chi connectivity index (χ4n) is 4.91. The van der Waals surface area contributed by atoms with Crippen LogP contribution in [0.4, 0.5) is 15.9 Å². The third kappa shape index (κ3) is 4.03. The molecule has 0 bridgehead atoms. The fraction of sp³-hybridized carbons (Fsp3) is 0.214. The number of H-pyrrole nitrogens is 1. The Morgan fingerprint density at radius 3 is 2.74 bits per heavy atom. The van der Waals surface area contributed by atoms with Gasteiger partial charge in [-0.2, -0.15) is 10.2 Å². The van der Waals surface area contributed by atoms with Crippen LogP contribution in [-0.2, 0) is 13.1 Å². The number of aromatic amines is 1. The number of rotatable bonds is 6. The molecule has 3 aromatic heterocycles. The normalized spacial score (nSPS) is 12.8. The van der Waals surface area contributed by atoms with Crippen molar-refractivity contribution < 1.29 is 13.9 Å². The molecule has 9 nitrogen and oxygen atoms in total. The van der Waals surface area contributed by atoms with E-state index >= 15 is 0 Å². The molecule has 6 rings (SSSR count). The highest BCUT2D eigenvalue weighted by Crippen LogP contribution is 2.34. The molecule has 0 radical (unpaired) electrons. The molecular formula is C28H26FN7O2. The second-order valence-corrected chi connectivity index (χ2v) is 9.56. The van der Waals surface area contributed by atoms with E-state index in [1.165, 1.54) is 6.07 Å². The molecule has 2 N–H and O–H groups in total. The third-order valence-electron chi connectivity index (χ3n) is 6.78. The van der Waals surface area contributed by atoms with E-state index in [0.717, 1.165) is 22.4 Å². The van der Waals surface area contributed by atoms with Crippen LogP contribution in [0.5, 0.6) is 5.75 Å². The first-order chi connectivity index (χ1) is 18.4.